The standard InChI is InChI=1S/C11H20N2O3/c1-2-16-10(14)8-13-11(15)12-7-9-5-3-4-6-9/h9H,2-8H2,1H3,(H2,12,13,15). The summed E-state index contributed by atoms with van der Waals surface area (Å²) in [6.07, 6.45) is 4.91. The largest absolute Gasteiger partial charge is 0.465 e. The van der Waals surface area contributed by atoms with Gasteiger partial charge in [-0.3, -0.25) is 4.79 Å². The Bertz CT molecular complexity index is 237. The van der Waals surface area contributed by atoms with Crippen LogP contribution in [0.5, 0.6) is 0 Å². The summed E-state index contributed by atoms with van der Waals surface area (Å²) in [5, 5.41) is 5.23. The lowest BCUT2D eigenvalue weighted by Crippen LogP contribution is -2.40. The van der Waals surface area contributed by atoms with Crippen LogP contribution in [0.2, 0.25) is 0 Å². The summed E-state index contributed by atoms with van der Waals surface area (Å²) in [5.41, 5.74) is 0. The summed E-state index contributed by atoms with van der Waals surface area (Å²) in [4.78, 5) is 22.2. The fourth-order valence-electron chi connectivity index (χ4n) is 1.88. The Hall–Kier alpha value is -1.26. The van der Waals surface area contributed by atoms with Crippen LogP contribution in [0.25, 0.3) is 0 Å². The molecule has 1 saturated carbocycles. The first-order chi connectivity index (χ1) is 7.72. The number of hydrogen-bond acceptors (Lipinski definition) is 3. The van der Waals surface area contributed by atoms with E-state index < -0.39 is 5.97 Å². The minimum absolute atomic E-state index is 0.0651. The van der Waals surface area contributed by atoms with E-state index in [1.54, 1.807) is 6.92 Å². The number of amides is 2. The summed E-state index contributed by atoms with van der Waals surface area (Å²) < 4.78 is 4.69. The van der Waals surface area contributed by atoms with Gasteiger partial charge < -0.3 is 15.4 Å². The molecule has 1 rings (SSSR count). The highest BCUT2D eigenvalue weighted by molar-refractivity contribution is 5.80. The number of rotatable bonds is 5. The minimum Gasteiger partial charge on any atom is -0.465 e. The lowest BCUT2D eigenvalue weighted by atomic mass is 10.1. The second kappa shape index (κ2) is 7.09. The fourth-order valence-corrected chi connectivity index (χ4v) is 1.88. The Morgan fingerprint density at radius 1 is 1.25 bits per heavy atom. The van der Waals surface area contributed by atoms with Crippen molar-refractivity contribution in [2.75, 3.05) is 19.7 Å². The highest BCUT2D eigenvalue weighted by Gasteiger charge is 2.15. The molecule has 2 N–H and O–H groups in total. The first-order valence-corrected chi connectivity index (χ1v) is 5.89. The molecule has 0 atom stereocenters. The quantitative estimate of drug-likeness (QED) is 0.691. The Labute approximate surface area is 95.9 Å². The molecule has 0 spiro atoms. The molecule has 1 fully saturated rings. The maximum atomic E-state index is 11.3. The van der Waals surface area contributed by atoms with Crippen LogP contribution >= 0.6 is 0 Å². The monoisotopic (exact) mass is 228 g/mol. The third-order valence-corrected chi connectivity index (χ3v) is 2.72. The maximum Gasteiger partial charge on any atom is 0.325 e. The maximum absolute atomic E-state index is 11.3. The van der Waals surface area contributed by atoms with E-state index in [1.807, 2.05) is 0 Å². The van der Waals surface area contributed by atoms with Crippen molar-refractivity contribution in [3.8, 4) is 0 Å². The topological polar surface area (TPSA) is 67.4 Å². The molecule has 0 aromatic heterocycles. The van der Waals surface area contributed by atoms with Gasteiger partial charge in [-0.25, -0.2) is 4.79 Å². The van der Waals surface area contributed by atoms with Crippen molar-refractivity contribution in [2.45, 2.75) is 32.6 Å². The van der Waals surface area contributed by atoms with Gasteiger partial charge >= 0.3 is 12.0 Å². The fraction of sp³-hybridized carbons (Fsp3) is 0.818. The van der Waals surface area contributed by atoms with Gasteiger partial charge in [-0.15, -0.1) is 0 Å². The van der Waals surface area contributed by atoms with Gasteiger partial charge in [0.1, 0.15) is 6.54 Å². The van der Waals surface area contributed by atoms with Crippen molar-refractivity contribution in [3.63, 3.8) is 0 Å². The molecule has 1 aliphatic rings. The predicted molar refractivity (Wildman–Crippen MR) is 60.0 cm³/mol. The number of nitrogens with one attached hydrogen (secondary N) is 2. The van der Waals surface area contributed by atoms with Gasteiger partial charge in [-0.05, 0) is 25.7 Å². The third-order valence-electron chi connectivity index (χ3n) is 2.72. The summed E-state index contributed by atoms with van der Waals surface area (Å²) in [6.45, 7) is 2.71. The van der Waals surface area contributed by atoms with Gasteiger partial charge in [0.25, 0.3) is 0 Å². The second-order valence-electron chi connectivity index (χ2n) is 4.02. The normalized spacial score (nSPS) is 15.8. The van der Waals surface area contributed by atoms with E-state index in [1.165, 1.54) is 25.7 Å². The molecular formula is C11H20N2O3. The first-order valence-electron chi connectivity index (χ1n) is 5.89. The average Bonchev–Trinajstić information content (AvgIpc) is 2.77. The SMILES string of the molecule is CCOC(=O)CNC(=O)NCC1CCCC1. The minimum atomic E-state index is -0.404. The Morgan fingerprint density at radius 2 is 1.94 bits per heavy atom. The van der Waals surface area contributed by atoms with Crippen molar-refractivity contribution in [1.29, 1.82) is 0 Å². The number of carbonyl (C=O) groups is 2. The smallest absolute Gasteiger partial charge is 0.325 e. The molecule has 2 amide bonds. The molecule has 1 aliphatic carbocycles. The van der Waals surface area contributed by atoms with E-state index in [0.29, 0.717) is 19.1 Å². The van der Waals surface area contributed by atoms with Crippen LogP contribution in [0.4, 0.5) is 4.79 Å². The Kier molecular flexibility index (Phi) is 5.67. The van der Waals surface area contributed by atoms with E-state index >= 15 is 0 Å². The molecule has 0 bridgehead atoms. The van der Waals surface area contributed by atoms with Crippen LogP contribution in [0.1, 0.15) is 32.6 Å². The van der Waals surface area contributed by atoms with Crippen molar-refractivity contribution in [1.82, 2.24) is 10.6 Å². The van der Waals surface area contributed by atoms with E-state index in [0.717, 1.165) is 0 Å². The average molecular weight is 228 g/mol. The molecule has 5 nitrogen and oxygen atoms in total. The van der Waals surface area contributed by atoms with E-state index in [9.17, 15) is 9.59 Å². The number of carbonyl (C=O) groups excluding carboxylic acids is 2. The molecular weight excluding hydrogens is 208 g/mol. The summed E-state index contributed by atoms with van der Waals surface area (Å²) in [7, 11) is 0. The molecule has 16 heavy (non-hydrogen) atoms. The zero-order valence-electron chi connectivity index (χ0n) is 9.75. The molecule has 92 valence electrons. The van der Waals surface area contributed by atoms with Crippen LogP contribution in [0, 0.1) is 5.92 Å². The lowest BCUT2D eigenvalue weighted by Gasteiger charge is -2.11. The Morgan fingerprint density at radius 3 is 2.56 bits per heavy atom. The first kappa shape index (κ1) is 12.8. The van der Waals surface area contributed by atoms with Crippen LogP contribution in [0.3, 0.4) is 0 Å². The van der Waals surface area contributed by atoms with Crippen molar-refractivity contribution in [2.24, 2.45) is 5.92 Å². The van der Waals surface area contributed by atoms with Crippen LogP contribution in [-0.4, -0.2) is 31.7 Å². The zero-order valence-corrected chi connectivity index (χ0v) is 9.75. The highest BCUT2D eigenvalue weighted by Crippen LogP contribution is 2.23. The van der Waals surface area contributed by atoms with E-state index in [2.05, 4.69) is 15.4 Å². The van der Waals surface area contributed by atoms with E-state index in [4.69, 9.17) is 0 Å². The second-order valence-corrected chi connectivity index (χ2v) is 4.02. The van der Waals surface area contributed by atoms with Gasteiger partial charge in [0.15, 0.2) is 0 Å². The molecule has 0 aliphatic heterocycles. The van der Waals surface area contributed by atoms with Crippen molar-refractivity contribution in [3.05, 3.63) is 0 Å². The highest BCUT2D eigenvalue weighted by atomic mass is 16.5. The third kappa shape index (κ3) is 5.00. The number of ether oxygens (including phenoxy) is 1. The van der Waals surface area contributed by atoms with Gasteiger partial charge in [0, 0.05) is 6.54 Å². The Balaban J connectivity index is 2.04. The van der Waals surface area contributed by atoms with E-state index in [-0.39, 0.29) is 12.6 Å². The van der Waals surface area contributed by atoms with Gasteiger partial charge in [-0.1, -0.05) is 12.8 Å². The predicted octanol–water partition coefficient (Wildman–Crippen LogP) is 1.04. The summed E-state index contributed by atoms with van der Waals surface area (Å²) in [5.74, 6) is 0.201. The molecule has 0 aromatic rings. The number of hydrogen-bond donors (Lipinski definition) is 2. The molecule has 5 heteroatoms. The number of urea groups is 1. The van der Waals surface area contributed by atoms with Crippen molar-refractivity contribution < 1.29 is 14.3 Å². The van der Waals surface area contributed by atoms with Crippen LogP contribution in [-0.2, 0) is 9.53 Å². The van der Waals surface area contributed by atoms with Crippen molar-refractivity contribution >= 4 is 12.0 Å². The molecule has 0 saturated heterocycles. The van der Waals surface area contributed by atoms with Crippen LogP contribution < -0.4 is 10.6 Å². The van der Waals surface area contributed by atoms with Gasteiger partial charge in [0.2, 0.25) is 0 Å². The molecule has 0 aromatic carbocycles. The van der Waals surface area contributed by atoms with Gasteiger partial charge in [0.05, 0.1) is 6.61 Å². The summed E-state index contributed by atoms with van der Waals surface area (Å²) >= 11 is 0. The number of esters is 1. The zero-order chi connectivity index (χ0) is 11.8. The van der Waals surface area contributed by atoms with Gasteiger partial charge in [-0.2, -0.15) is 0 Å². The molecule has 0 radical (unpaired) electrons. The van der Waals surface area contributed by atoms with Crippen LogP contribution in [0.15, 0.2) is 0 Å². The molecule has 0 unspecified atom stereocenters. The summed E-state index contributed by atoms with van der Waals surface area (Å²) in [6, 6.07) is -0.292. The lowest BCUT2D eigenvalue weighted by molar-refractivity contribution is -0.141. The molecule has 0 heterocycles.